The summed E-state index contributed by atoms with van der Waals surface area (Å²) < 4.78 is 25.8. The molecular formula is C12H16N4O3S. The average molecular weight is 296 g/mol. The van der Waals surface area contributed by atoms with Gasteiger partial charge in [-0.15, -0.1) is 0 Å². The number of aromatic nitrogens is 2. The minimum Gasteiger partial charge on any atom is -0.399 e. The van der Waals surface area contributed by atoms with E-state index in [2.05, 4.69) is 4.98 Å². The van der Waals surface area contributed by atoms with E-state index in [1.807, 2.05) is 0 Å². The van der Waals surface area contributed by atoms with E-state index in [0.717, 1.165) is 14.6 Å². The maximum absolute atomic E-state index is 11.9. The molecule has 1 unspecified atom stereocenters. The number of nitrogen functional groups attached to an aromatic ring is 1. The Kier molecular flexibility index (Phi) is 3.80. The number of aliphatic hydroxyl groups is 1. The van der Waals surface area contributed by atoms with Crippen LogP contribution in [0.1, 0.15) is 17.4 Å². The maximum Gasteiger partial charge on any atom is 0.308 e. The van der Waals surface area contributed by atoms with Gasteiger partial charge in [0, 0.05) is 26.0 Å². The fourth-order valence-electron chi connectivity index (χ4n) is 1.68. The number of nitrogens with two attached hydrogens (primary N) is 1. The zero-order chi connectivity index (χ0) is 14.9. The second kappa shape index (κ2) is 5.23. The number of imidazole rings is 1. The Morgan fingerprint density at radius 1 is 1.40 bits per heavy atom. The number of aliphatic hydroxyl groups excluding tert-OH is 1. The molecule has 0 saturated carbocycles. The summed E-state index contributed by atoms with van der Waals surface area (Å²) in [6.07, 6.45) is 1.40. The molecule has 0 amide bonds. The van der Waals surface area contributed by atoms with Crippen molar-refractivity contribution in [2.45, 2.75) is 6.10 Å². The lowest BCUT2D eigenvalue weighted by atomic mass is 10.1. The molecule has 1 atom stereocenters. The molecule has 2 rings (SSSR count). The molecular weight excluding hydrogens is 280 g/mol. The maximum atomic E-state index is 11.9. The molecule has 0 bridgehead atoms. The van der Waals surface area contributed by atoms with E-state index in [-0.39, 0.29) is 5.69 Å². The average Bonchev–Trinajstić information content (AvgIpc) is 2.87. The van der Waals surface area contributed by atoms with Gasteiger partial charge in [-0.1, -0.05) is 12.1 Å². The van der Waals surface area contributed by atoms with Crippen LogP contribution in [0, 0.1) is 0 Å². The predicted octanol–water partition coefficient (Wildman–Crippen LogP) is 0.201. The zero-order valence-corrected chi connectivity index (χ0v) is 11.9. The second-order valence-electron chi connectivity index (χ2n) is 4.49. The van der Waals surface area contributed by atoms with Gasteiger partial charge in [0.15, 0.2) is 0 Å². The Bertz CT molecular complexity index is 709. The zero-order valence-electron chi connectivity index (χ0n) is 11.1. The van der Waals surface area contributed by atoms with Gasteiger partial charge in [-0.2, -0.15) is 12.7 Å². The monoisotopic (exact) mass is 296 g/mol. The van der Waals surface area contributed by atoms with Crippen LogP contribution in [-0.2, 0) is 10.2 Å². The van der Waals surface area contributed by atoms with Crippen molar-refractivity contribution in [1.29, 1.82) is 0 Å². The lowest BCUT2D eigenvalue weighted by molar-refractivity contribution is 0.216. The normalized spacial score (nSPS) is 13.6. The minimum absolute atomic E-state index is 0.237. The van der Waals surface area contributed by atoms with Crippen molar-refractivity contribution < 1.29 is 13.5 Å². The van der Waals surface area contributed by atoms with E-state index < -0.39 is 16.3 Å². The van der Waals surface area contributed by atoms with Gasteiger partial charge in [0.05, 0.1) is 5.69 Å². The van der Waals surface area contributed by atoms with Gasteiger partial charge in [-0.05, 0) is 17.7 Å². The lowest BCUT2D eigenvalue weighted by Crippen LogP contribution is -2.27. The van der Waals surface area contributed by atoms with Crippen LogP contribution in [0.15, 0.2) is 36.8 Å². The highest BCUT2D eigenvalue weighted by Crippen LogP contribution is 2.22. The van der Waals surface area contributed by atoms with Crippen LogP contribution in [0.5, 0.6) is 0 Å². The summed E-state index contributed by atoms with van der Waals surface area (Å²) in [6.45, 7) is 0. The van der Waals surface area contributed by atoms with Crippen LogP contribution in [-0.4, -0.2) is 40.9 Å². The molecule has 0 aliphatic rings. The summed E-state index contributed by atoms with van der Waals surface area (Å²) in [5.74, 6) is 0. The molecule has 108 valence electrons. The van der Waals surface area contributed by atoms with Crippen molar-refractivity contribution in [1.82, 2.24) is 13.3 Å². The first kappa shape index (κ1) is 14.5. The first-order chi connectivity index (χ1) is 9.32. The number of anilines is 1. The smallest absolute Gasteiger partial charge is 0.308 e. The fourth-order valence-corrected chi connectivity index (χ4v) is 2.46. The first-order valence-corrected chi connectivity index (χ1v) is 7.22. The highest BCUT2D eigenvalue weighted by Gasteiger charge is 2.20. The molecule has 3 N–H and O–H groups in total. The van der Waals surface area contributed by atoms with Crippen LogP contribution >= 0.6 is 0 Å². The van der Waals surface area contributed by atoms with Crippen LogP contribution in [0.25, 0.3) is 0 Å². The Hall–Kier alpha value is -1.90. The number of nitrogens with zero attached hydrogens (tertiary/aromatic N) is 3. The summed E-state index contributed by atoms with van der Waals surface area (Å²) >= 11 is 0. The molecule has 1 aromatic carbocycles. The molecule has 2 aromatic rings. The molecule has 0 saturated heterocycles. The molecule has 7 nitrogen and oxygen atoms in total. The topological polar surface area (TPSA) is 101 Å². The Morgan fingerprint density at radius 3 is 2.70 bits per heavy atom. The van der Waals surface area contributed by atoms with Crippen LogP contribution < -0.4 is 5.73 Å². The Labute approximate surface area is 117 Å². The highest BCUT2D eigenvalue weighted by molar-refractivity contribution is 7.87. The molecule has 0 aliphatic carbocycles. The van der Waals surface area contributed by atoms with Gasteiger partial charge >= 0.3 is 10.2 Å². The van der Waals surface area contributed by atoms with Crippen molar-refractivity contribution in [2.24, 2.45) is 0 Å². The molecule has 1 aromatic heterocycles. The molecule has 8 heteroatoms. The minimum atomic E-state index is -3.63. The largest absolute Gasteiger partial charge is 0.399 e. The van der Waals surface area contributed by atoms with Crippen molar-refractivity contribution in [3.05, 3.63) is 48.0 Å². The second-order valence-corrected chi connectivity index (χ2v) is 6.54. The molecule has 0 fully saturated rings. The molecule has 0 radical (unpaired) electrons. The van der Waals surface area contributed by atoms with Gasteiger partial charge < -0.3 is 10.8 Å². The SMILES string of the molecule is CN(C)S(=O)(=O)n1cnc(C(O)c2cccc(N)c2)c1. The van der Waals surface area contributed by atoms with Crippen LogP contribution in [0.3, 0.4) is 0 Å². The Balaban J connectivity index is 2.34. The molecule has 0 aliphatic heterocycles. The third-order valence-electron chi connectivity index (χ3n) is 2.81. The van der Waals surface area contributed by atoms with Gasteiger partial charge in [0.1, 0.15) is 12.4 Å². The lowest BCUT2D eigenvalue weighted by Gasteiger charge is -2.11. The molecule has 0 spiro atoms. The number of rotatable bonds is 4. The van der Waals surface area contributed by atoms with E-state index in [9.17, 15) is 13.5 Å². The van der Waals surface area contributed by atoms with E-state index in [4.69, 9.17) is 5.73 Å². The van der Waals surface area contributed by atoms with E-state index in [1.165, 1.54) is 20.3 Å². The summed E-state index contributed by atoms with van der Waals surface area (Å²) in [5, 5.41) is 10.2. The van der Waals surface area contributed by atoms with E-state index >= 15 is 0 Å². The predicted molar refractivity (Wildman–Crippen MR) is 75.1 cm³/mol. The number of hydrogen-bond donors (Lipinski definition) is 2. The molecule has 20 heavy (non-hydrogen) atoms. The van der Waals surface area contributed by atoms with Gasteiger partial charge in [-0.3, -0.25) is 0 Å². The summed E-state index contributed by atoms with van der Waals surface area (Å²) in [7, 11) is -0.788. The summed E-state index contributed by atoms with van der Waals surface area (Å²) in [4.78, 5) is 3.94. The van der Waals surface area contributed by atoms with Crippen LogP contribution in [0.2, 0.25) is 0 Å². The third-order valence-corrected chi connectivity index (χ3v) is 4.47. The first-order valence-electron chi connectivity index (χ1n) is 5.83. The van der Waals surface area contributed by atoms with Crippen molar-refractivity contribution >= 4 is 15.9 Å². The van der Waals surface area contributed by atoms with Crippen molar-refractivity contribution in [3.63, 3.8) is 0 Å². The fraction of sp³-hybridized carbons (Fsp3) is 0.250. The number of benzene rings is 1. The number of hydrogen-bond acceptors (Lipinski definition) is 5. The van der Waals surface area contributed by atoms with E-state index in [1.54, 1.807) is 24.3 Å². The van der Waals surface area contributed by atoms with Crippen molar-refractivity contribution in [2.75, 3.05) is 19.8 Å². The highest BCUT2D eigenvalue weighted by atomic mass is 32.2. The third kappa shape index (κ3) is 2.67. The van der Waals surface area contributed by atoms with Gasteiger partial charge in [0.25, 0.3) is 0 Å². The standard InChI is InChI=1S/C12H16N4O3S/c1-15(2)20(18,19)16-7-11(14-8-16)12(17)9-4-3-5-10(13)6-9/h3-8,12,17H,13H2,1-2H3. The molecule has 1 heterocycles. The van der Waals surface area contributed by atoms with Gasteiger partial charge in [0.2, 0.25) is 0 Å². The summed E-state index contributed by atoms with van der Waals surface area (Å²) in [6, 6.07) is 6.72. The van der Waals surface area contributed by atoms with E-state index in [0.29, 0.717) is 11.3 Å². The Morgan fingerprint density at radius 2 is 2.10 bits per heavy atom. The van der Waals surface area contributed by atoms with Gasteiger partial charge in [-0.25, -0.2) is 8.96 Å². The van der Waals surface area contributed by atoms with Crippen molar-refractivity contribution in [3.8, 4) is 0 Å². The quantitative estimate of drug-likeness (QED) is 0.785. The summed E-state index contributed by atoms with van der Waals surface area (Å²) in [5.41, 5.74) is 6.96. The van der Waals surface area contributed by atoms with Crippen LogP contribution in [0.4, 0.5) is 5.69 Å².